The van der Waals surface area contributed by atoms with E-state index in [1.54, 1.807) is 18.3 Å². The quantitative estimate of drug-likeness (QED) is 0.230. The fourth-order valence-corrected chi connectivity index (χ4v) is 5.62. The van der Waals surface area contributed by atoms with Crippen LogP contribution in [0.5, 0.6) is 5.88 Å². The zero-order chi connectivity index (χ0) is 29.4. The van der Waals surface area contributed by atoms with Crippen molar-refractivity contribution in [1.29, 1.82) is 0 Å². The minimum atomic E-state index is -4.74. The Morgan fingerprint density at radius 1 is 1.10 bits per heavy atom. The molecule has 2 heterocycles. The van der Waals surface area contributed by atoms with Crippen LogP contribution in [0.15, 0.2) is 58.5 Å². The Bertz CT molecular complexity index is 1340. The van der Waals surface area contributed by atoms with Crippen LogP contribution in [0.4, 0.5) is 19.1 Å². The summed E-state index contributed by atoms with van der Waals surface area (Å²) in [4.78, 5) is 26.0. The zero-order valence-electron chi connectivity index (χ0n) is 22.8. The second-order valence-corrected chi connectivity index (χ2v) is 11.4. The molecule has 0 spiro atoms. The molecule has 1 aliphatic heterocycles. The van der Waals surface area contributed by atoms with E-state index >= 15 is 0 Å². The van der Waals surface area contributed by atoms with Gasteiger partial charge in [0.1, 0.15) is 6.61 Å². The van der Waals surface area contributed by atoms with Crippen molar-refractivity contribution in [2.24, 2.45) is 5.73 Å². The van der Waals surface area contributed by atoms with Gasteiger partial charge in [-0.2, -0.15) is 18.2 Å². The highest BCUT2D eigenvalue weighted by Gasteiger charge is 2.35. The van der Waals surface area contributed by atoms with E-state index in [2.05, 4.69) is 26.7 Å². The number of halogens is 4. The number of carbonyl (C=O) groups excluding carboxylic acids is 1. The molecule has 4 rings (SSSR count). The molecule has 0 bridgehead atoms. The summed E-state index contributed by atoms with van der Waals surface area (Å²) in [6.45, 7) is 6.76. The smallest absolute Gasteiger partial charge is 0.417 e. The second-order valence-electron chi connectivity index (χ2n) is 9.82. The lowest BCUT2D eigenvalue weighted by molar-refractivity contribution is -0.138. The van der Waals surface area contributed by atoms with Gasteiger partial charge in [-0.1, -0.05) is 61.7 Å². The lowest BCUT2D eigenvalue weighted by Crippen LogP contribution is -2.47. The topological polar surface area (TPSA) is 84.6 Å². The number of nitrogens with two attached hydrogens (primary N) is 1. The number of amides is 1. The Balaban J connectivity index is 1.55. The Kier molecular flexibility index (Phi) is 10.7. The van der Waals surface area contributed by atoms with E-state index in [1.165, 1.54) is 31.7 Å². The molecule has 220 valence electrons. The van der Waals surface area contributed by atoms with Crippen molar-refractivity contribution in [3.8, 4) is 5.88 Å². The summed E-state index contributed by atoms with van der Waals surface area (Å²) >= 11 is 7.13. The summed E-state index contributed by atoms with van der Waals surface area (Å²) < 4.78 is 47.0. The molecule has 1 saturated heterocycles. The fraction of sp³-hybridized carbons (Fsp3) is 0.414. The SMILES string of the molecule is CCCCCCN1CCN(c2ncc(Sc3ccc(C(N)=O)c(C(F)(F)F)c3)c(OCc3cccc(Cl)c3)n2)CC1. The number of alkyl halides is 3. The lowest BCUT2D eigenvalue weighted by atomic mass is 10.1. The number of hydrogen-bond acceptors (Lipinski definition) is 7. The van der Waals surface area contributed by atoms with Crippen molar-refractivity contribution in [2.75, 3.05) is 37.6 Å². The number of hydrogen-bond donors (Lipinski definition) is 1. The molecule has 12 heteroatoms. The maximum Gasteiger partial charge on any atom is 0.417 e. The van der Waals surface area contributed by atoms with Crippen molar-refractivity contribution in [3.05, 3.63) is 70.4 Å². The average Bonchev–Trinajstić information content (AvgIpc) is 2.94. The predicted molar refractivity (Wildman–Crippen MR) is 155 cm³/mol. The average molecular weight is 608 g/mol. The first-order valence-corrected chi connectivity index (χ1v) is 14.7. The predicted octanol–water partition coefficient (Wildman–Crippen LogP) is 6.68. The van der Waals surface area contributed by atoms with Crippen LogP contribution in [-0.2, 0) is 12.8 Å². The fourth-order valence-electron chi connectivity index (χ4n) is 4.55. The van der Waals surface area contributed by atoms with E-state index in [1.807, 2.05) is 12.1 Å². The molecule has 0 saturated carbocycles. The third-order valence-corrected chi connectivity index (χ3v) is 7.97. The molecule has 0 unspecified atom stereocenters. The van der Waals surface area contributed by atoms with Crippen molar-refractivity contribution < 1.29 is 22.7 Å². The summed E-state index contributed by atoms with van der Waals surface area (Å²) in [6.07, 6.45) is 1.71. The molecule has 0 radical (unpaired) electrons. The molecular formula is C29H33ClF3N5O2S. The van der Waals surface area contributed by atoms with Gasteiger partial charge in [0, 0.05) is 36.1 Å². The van der Waals surface area contributed by atoms with Gasteiger partial charge in [-0.3, -0.25) is 9.69 Å². The van der Waals surface area contributed by atoms with Gasteiger partial charge in [-0.15, -0.1) is 0 Å². The van der Waals surface area contributed by atoms with Crippen LogP contribution < -0.4 is 15.4 Å². The van der Waals surface area contributed by atoms with Gasteiger partial charge in [0.15, 0.2) is 0 Å². The van der Waals surface area contributed by atoms with Crippen LogP contribution >= 0.6 is 23.4 Å². The van der Waals surface area contributed by atoms with Crippen molar-refractivity contribution in [2.45, 2.75) is 55.2 Å². The number of carbonyl (C=O) groups is 1. The standard InChI is InChI=1S/C29H33ClF3N5O2S/c1-2-3-4-5-11-37-12-14-38(15-13-37)28-35-18-25(27(36-28)40-19-20-7-6-8-21(30)16-20)41-22-9-10-23(26(34)39)24(17-22)29(31,32)33/h6-10,16-18H,2-5,11-15,19H2,1H3,(H2,34,39). The Hall–Kier alpha value is -3.02. The van der Waals surface area contributed by atoms with Gasteiger partial charge >= 0.3 is 6.18 Å². The van der Waals surface area contributed by atoms with Crippen LogP contribution in [0.2, 0.25) is 5.02 Å². The number of rotatable bonds is 12. The maximum absolute atomic E-state index is 13.7. The largest absolute Gasteiger partial charge is 0.472 e. The van der Waals surface area contributed by atoms with Gasteiger partial charge in [-0.05, 0) is 48.9 Å². The molecule has 0 atom stereocenters. The first-order chi connectivity index (χ1) is 19.6. The molecule has 41 heavy (non-hydrogen) atoms. The normalized spacial score (nSPS) is 14.3. The van der Waals surface area contributed by atoms with Crippen LogP contribution in [-0.4, -0.2) is 53.5 Å². The summed E-state index contributed by atoms with van der Waals surface area (Å²) in [5.41, 5.74) is 4.30. The van der Waals surface area contributed by atoms with Gasteiger partial charge < -0.3 is 15.4 Å². The molecular weight excluding hydrogens is 575 g/mol. The number of aromatic nitrogens is 2. The monoisotopic (exact) mass is 607 g/mol. The molecule has 7 nitrogen and oxygen atoms in total. The first-order valence-electron chi connectivity index (χ1n) is 13.5. The third-order valence-electron chi connectivity index (χ3n) is 6.75. The highest BCUT2D eigenvalue weighted by Crippen LogP contribution is 2.39. The van der Waals surface area contributed by atoms with Crippen molar-refractivity contribution in [3.63, 3.8) is 0 Å². The molecule has 1 amide bonds. The van der Waals surface area contributed by atoms with Crippen LogP contribution in [0.25, 0.3) is 0 Å². The van der Waals surface area contributed by atoms with E-state index in [4.69, 9.17) is 22.1 Å². The van der Waals surface area contributed by atoms with Crippen LogP contribution in [0.1, 0.15) is 54.1 Å². The summed E-state index contributed by atoms with van der Waals surface area (Å²) in [5, 5.41) is 0.561. The summed E-state index contributed by atoms with van der Waals surface area (Å²) in [5.74, 6) is -0.399. The Morgan fingerprint density at radius 3 is 2.56 bits per heavy atom. The van der Waals surface area contributed by atoms with E-state index in [0.717, 1.165) is 62.2 Å². The molecule has 0 aliphatic carbocycles. The van der Waals surface area contributed by atoms with Gasteiger partial charge in [0.05, 0.1) is 22.2 Å². The number of ether oxygens (including phenoxy) is 1. The van der Waals surface area contributed by atoms with E-state index in [0.29, 0.717) is 15.9 Å². The maximum atomic E-state index is 13.7. The number of nitrogens with zero attached hydrogens (tertiary/aromatic N) is 4. The van der Waals surface area contributed by atoms with Crippen molar-refractivity contribution >= 4 is 35.2 Å². The zero-order valence-corrected chi connectivity index (χ0v) is 24.4. The summed E-state index contributed by atoms with van der Waals surface area (Å²) in [6, 6.07) is 10.6. The summed E-state index contributed by atoms with van der Waals surface area (Å²) in [7, 11) is 0. The second kappa shape index (κ2) is 14.2. The number of anilines is 1. The van der Waals surface area contributed by atoms with Crippen LogP contribution in [0, 0.1) is 0 Å². The molecule has 2 aromatic carbocycles. The van der Waals surface area contributed by atoms with Gasteiger partial charge in [0.2, 0.25) is 17.7 Å². The molecule has 3 aromatic rings. The number of piperazine rings is 1. The van der Waals surface area contributed by atoms with Crippen molar-refractivity contribution in [1.82, 2.24) is 14.9 Å². The van der Waals surface area contributed by atoms with E-state index < -0.39 is 23.2 Å². The minimum Gasteiger partial charge on any atom is -0.472 e. The van der Waals surface area contributed by atoms with E-state index in [9.17, 15) is 18.0 Å². The highest BCUT2D eigenvalue weighted by molar-refractivity contribution is 7.99. The highest BCUT2D eigenvalue weighted by atomic mass is 35.5. The lowest BCUT2D eigenvalue weighted by Gasteiger charge is -2.34. The number of primary amides is 1. The molecule has 1 aliphatic rings. The number of benzene rings is 2. The van der Waals surface area contributed by atoms with Crippen LogP contribution in [0.3, 0.4) is 0 Å². The number of unbranched alkanes of at least 4 members (excludes halogenated alkanes) is 3. The Morgan fingerprint density at radius 2 is 1.88 bits per heavy atom. The molecule has 1 fully saturated rings. The molecule has 1 aromatic heterocycles. The van der Waals surface area contributed by atoms with E-state index in [-0.39, 0.29) is 17.4 Å². The third kappa shape index (κ3) is 8.73. The minimum absolute atomic E-state index is 0.157. The first kappa shape index (κ1) is 30.9. The van der Waals surface area contributed by atoms with Gasteiger partial charge in [0.25, 0.3) is 0 Å². The van der Waals surface area contributed by atoms with Gasteiger partial charge in [-0.25, -0.2) is 4.98 Å². The Labute approximate surface area is 247 Å². The molecule has 2 N–H and O–H groups in total.